The van der Waals surface area contributed by atoms with E-state index >= 15 is 0 Å². The van der Waals surface area contributed by atoms with Crippen LogP contribution in [0.3, 0.4) is 0 Å². The molecule has 0 atom stereocenters. The van der Waals surface area contributed by atoms with Crippen molar-refractivity contribution in [2.75, 3.05) is 0 Å². The molecule has 0 aliphatic heterocycles. The summed E-state index contributed by atoms with van der Waals surface area (Å²) in [6.45, 7) is 0.169. The summed E-state index contributed by atoms with van der Waals surface area (Å²) in [6.07, 6.45) is 0. The summed E-state index contributed by atoms with van der Waals surface area (Å²) in [5.74, 6) is 1.08. The zero-order valence-electron chi connectivity index (χ0n) is 12.1. The fourth-order valence-corrected chi connectivity index (χ4v) is 2.11. The van der Waals surface area contributed by atoms with Gasteiger partial charge in [-0.05, 0) is 36.4 Å². The molecule has 0 aliphatic carbocycles. The molecule has 4 nitrogen and oxygen atoms in total. The van der Waals surface area contributed by atoms with E-state index in [0.717, 1.165) is 0 Å². The third-order valence-corrected chi connectivity index (χ3v) is 3.34. The number of carbonyl (C=O) groups is 1. The molecule has 0 saturated heterocycles. The van der Waals surface area contributed by atoms with Gasteiger partial charge < -0.3 is 13.9 Å². The van der Waals surface area contributed by atoms with Gasteiger partial charge in [-0.15, -0.1) is 0 Å². The first-order valence-corrected chi connectivity index (χ1v) is 7.33. The second-order valence-corrected chi connectivity index (χ2v) is 5.09. The highest BCUT2D eigenvalue weighted by Crippen LogP contribution is 2.24. The standard InChI is InChI=1S/C18H13ClO4/c19-15-8-4-5-9-16(15)21-12-14-10-11-17(22-14)18(20)23-13-6-2-1-3-7-13/h1-11H,12H2. The minimum atomic E-state index is -0.555. The van der Waals surface area contributed by atoms with E-state index < -0.39 is 5.97 Å². The van der Waals surface area contributed by atoms with Gasteiger partial charge in [-0.1, -0.05) is 41.9 Å². The Hall–Kier alpha value is -2.72. The third kappa shape index (κ3) is 3.93. The van der Waals surface area contributed by atoms with E-state index in [1.54, 1.807) is 48.5 Å². The lowest BCUT2D eigenvalue weighted by Gasteiger charge is -2.05. The zero-order valence-corrected chi connectivity index (χ0v) is 12.8. The number of benzene rings is 2. The highest BCUT2D eigenvalue weighted by molar-refractivity contribution is 6.32. The predicted octanol–water partition coefficient (Wildman–Crippen LogP) is 4.73. The van der Waals surface area contributed by atoms with Gasteiger partial charge in [0.15, 0.2) is 0 Å². The number of hydrogen-bond donors (Lipinski definition) is 0. The van der Waals surface area contributed by atoms with Gasteiger partial charge >= 0.3 is 5.97 Å². The van der Waals surface area contributed by atoms with Crippen molar-refractivity contribution in [3.05, 3.63) is 83.3 Å². The number of rotatable bonds is 5. The smallest absolute Gasteiger partial charge is 0.379 e. The molecule has 1 heterocycles. The molecule has 0 saturated carbocycles. The minimum absolute atomic E-state index is 0.117. The van der Waals surface area contributed by atoms with Gasteiger partial charge in [-0.2, -0.15) is 0 Å². The Morgan fingerprint density at radius 2 is 1.70 bits per heavy atom. The van der Waals surface area contributed by atoms with Crippen LogP contribution in [0.4, 0.5) is 0 Å². The Kier molecular flexibility index (Phi) is 4.64. The summed E-state index contributed by atoms with van der Waals surface area (Å²) in [6, 6.07) is 19.2. The van der Waals surface area contributed by atoms with Gasteiger partial charge in [0, 0.05) is 0 Å². The molecule has 0 fully saturated rings. The highest BCUT2D eigenvalue weighted by atomic mass is 35.5. The van der Waals surface area contributed by atoms with Crippen molar-refractivity contribution in [3.63, 3.8) is 0 Å². The normalized spacial score (nSPS) is 10.3. The molecular formula is C18H13ClO4. The van der Waals surface area contributed by atoms with E-state index in [0.29, 0.717) is 22.3 Å². The lowest BCUT2D eigenvalue weighted by molar-refractivity contribution is 0.0697. The summed E-state index contributed by atoms with van der Waals surface area (Å²) >= 11 is 6.01. The summed E-state index contributed by atoms with van der Waals surface area (Å²) in [4.78, 5) is 12.0. The van der Waals surface area contributed by atoms with E-state index in [1.807, 2.05) is 18.2 Å². The van der Waals surface area contributed by atoms with E-state index in [4.69, 9.17) is 25.5 Å². The molecule has 0 unspecified atom stereocenters. The Balaban J connectivity index is 1.62. The topological polar surface area (TPSA) is 48.7 Å². The fraction of sp³-hybridized carbons (Fsp3) is 0.0556. The molecule has 0 aliphatic rings. The zero-order chi connectivity index (χ0) is 16.1. The van der Waals surface area contributed by atoms with Crippen LogP contribution >= 0.6 is 11.6 Å². The molecule has 0 radical (unpaired) electrons. The lowest BCUT2D eigenvalue weighted by atomic mass is 10.3. The second kappa shape index (κ2) is 7.03. The molecule has 1 aromatic heterocycles. The molecule has 5 heteroatoms. The number of esters is 1. The highest BCUT2D eigenvalue weighted by Gasteiger charge is 2.14. The monoisotopic (exact) mass is 328 g/mol. The first-order chi connectivity index (χ1) is 11.2. The van der Waals surface area contributed by atoms with Gasteiger partial charge in [0.1, 0.15) is 23.9 Å². The maximum Gasteiger partial charge on any atom is 0.379 e. The van der Waals surface area contributed by atoms with Gasteiger partial charge in [0.2, 0.25) is 5.76 Å². The lowest BCUT2D eigenvalue weighted by Crippen LogP contribution is -2.07. The predicted molar refractivity (Wildman–Crippen MR) is 85.9 cm³/mol. The van der Waals surface area contributed by atoms with Crippen LogP contribution < -0.4 is 9.47 Å². The van der Waals surface area contributed by atoms with Gasteiger partial charge in [0.25, 0.3) is 0 Å². The number of furan rings is 1. The Bertz CT molecular complexity index is 796. The first-order valence-electron chi connectivity index (χ1n) is 6.95. The Labute approximate surface area is 138 Å². The van der Waals surface area contributed by atoms with Crippen LogP contribution in [0.25, 0.3) is 0 Å². The average Bonchev–Trinajstić information content (AvgIpc) is 3.04. The molecule has 0 N–H and O–H groups in total. The Morgan fingerprint density at radius 1 is 0.957 bits per heavy atom. The maximum absolute atomic E-state index is 12.0. The van der Waals surface area contributed by atoms with Crippen LogP contribution in [-0.4, -0.2) is 5.97 Å². The van der Waals surface area contributed by atoms with Crippen molar-refractivity contribution >= 4 is 17.6 Å². The molecule has 0 amide bonds. The molecular weight excluding hydrogens is 316 g/mol. The number of ether oxygens (including phenoxy) is 2. The van der Waals surface area contributed by atoms with Crippen molar-refractivity contribution in [2.45, 2.75) is 6.61 Å². The van der Waals surface area contributed by atoms with Crippen molar-refractivity contribution in [1.29, 1.82) is 0 Å². The van der Waals surface area contributed by atoms with Gasteiger partial charge in [-0.3, -0.25) is 0 Å². The van der Waals surface area contributed by atoms with Crippen molar-refractivity contribution in [3.8, 4) is 11.5 Å². The number of hydrogen-bond acceptors (Lipinski definition) is 4. The van der Waals surface area contributed by atoms with Gasteiger partial charge in [-0.25, -0.2) is 4.79 Å². The van der Waals surface area contributed by atoms with Crippen LogP contribution in [0, 0.1) is 0 Å². The van der Waals surface area contributed by atoms with Crippen LogP contribution in [0.15, 0.2) is 71.1 Å². The van der Waals surface area contributed by atoms with E-state index in [2.05, 4.69) is 0 Å². The first kappa shape index (κ1) is 15.2. The van der Waals surface area contributed by atoms with Crippen molar-refractivity contribution in [1.82, 2.24) is 0 Å². The molecule has 0 bridgehead atoms. The maximum atomic E-state index is 12.0. The minimum Gasteiger partial charge on any atom is -0.484 e. The van der Waals surface area contributed by atoms with E-state index in [1.165, 1.54) is 0 Å². The van der Waals surface area contributed by atoms with Crippen LogP contribution in [0.2, 0.25) is 5.02 Å². The fourth-order valence-electron chi connectivity index (χ4n) is 1.92. The van der Waals surface area contributed by atoms with Crippen molar-refractivity contribution in [2.24, 2.45) is 0 Å². The summed E-state index contributed by atoms with van der Waals surface area (Å²) in [5.41, 5.74) is 0. The quantitative estimate of drug-likeness (QED) is 0.502. The number of halogens is 1. The summed E-state index contributed by atoms with van der Waals surface area (Å²) < 4.78 is 16.2. The largest absolute Gasteiger partial charge is 0.484 e. The van der Waals surface area contributed by atoms with E-state index in [9.17, 15) is 4.79 Å². The average molecular weight is 329 g/mol. The molecule has 3 rings (SSSR count). The molecule has 116 valence electrons. The van der Waals surface area contributed by atoms with Gasteiger partial charge in [0.05, 0.1) is 5.02 Å². The molecule has 3 aromatic rings. The van der Waals surface area contributed by atoms with Crippen LogP contribution in [-0.2, 0) is 6.61 Å². The summed E-state index contributed by atoms with van der Waals surface area (Å²) in [7, 11) is 0. The number of carbonyl (C=O) groups excluding carboxylic acids is 1. The third-order valence-electron chi connectivity index (χ3n) is 3.02. The molecule has 23 heavy (non-hydrogen) atoms. The molecule has 0 spiro atoms. The Morgan fingerprint density at radius 3 is 2.48 bits per heavy atom. The van der Waals surface area contributed by atoms with Crippen molar-refractivity contribution < 1.29 is 18.7 Å². The van der Waals surface area contributed by atoms with E-state index in [-0.39, 0.29) is 12.4 Å². The SMILES string of the molecule is O=C(Oc1ccccc1)c1ccc(COc2ccccc2Cl)o1. The number of para-hydroxylation sites is 2. The van der Waals surface area contributed by atoms with Crippen LogP contribution in [0.5, 0.6) is 11.5 Å². The van der Waals surface area contributed by atoms with Crippen LogP contribution in [0.1, 0.15) is 16.3 Å². The molecule has 2 aromatic carbocycles. The second-order valence-electron chi connectivity index (χ2n) is 4.69. The summed E-state index contributed by atoms with van der Waals surface area (Å²) in [5, 5.41) is 0.516.